The monoisotopic (exact) mass is 534 g/mol. The molecule has 2 amide bonds. The van der Waals surface area contributed by atoms with E-state index in [0.717, 1.165) is 28.2 Å². The van der Waals surface area contributed by atoms with Crippen molar-refractivity contribution in [3.05, 3.63) is 70.2 Å². The number of carbonyl (C=O) groups is 2. The van der Waals surface area contributed by atoms with E-state index in [1.165, 1.54) is 25.3 Å². The number of nitrogens with one attached hydrogen (secondary N) is 1. The van der Waals surface area contributed by atoms with Gasteiger partial charge in [0.2, 0.25) is 0 Å². The minimum Gasteiger partial charge on any atom is -0.383 e. The smallest absolute Gasteiger partial charge is 0.383 e. The molecule has 0 aliphatic carbocycles. The highest BCUT2D eigenvalue weighted by Crippen LogP contribution is 2.35. The molecule has 1 fully saturated rings. The lowest BCUT2D eigenvalue weighted by Crippen LogP contribution is -2.43. The minimum absolute atomic E-state index is 0.0620. The number of halogens is 4. The molecule has 4 rings (SSSR count). The summed E-state index contributed by atoms with van der Waals surface area (Å²) >= 11 is 7.27. The van der Waals surface area contributed by atoms with Crippen LogP contribution in [0.1, 0.15) is 5.56 Å². The Morgan fingerprint density at radius 2 is 2.06 bits per heavy atom. The number of alkyl halides is 3. The molecule has 0 bridgehead atoms. The third-order valence-electron chi connectivity index (χ3n) is 5.05. The van der Waals surface area contributed by atoms with Crippen LogP contribution in [0.25, 0.3) is 17.0 Å². The molecule has 2 aromatic carbocycles. The van der Waals surface area contributed by atoms with E-state index in [-0.39, 0.29) is 40.6 Å². The summed E-state index contributed by atoms with van der Waals surface area (Å²) in [5.41, 5.74) is 1.64. The molecule has 3 aromatic rings. The van der Waals surface area contributed by atoms with Crippen molar-refractivity contribution in [3.8, 4) is 0 Å². The van der Waals surface area contributed by atoms with Gasteiger partial charge in [0.1, 0.15) is 0 Å². The van der Waals surface area contributed by atoms with Gasteiger partial charge in [-0.25, -0.2) is 4.99 Å². The summed E-state index contributed by atoms with van der Waals surface area (Å²) in [5.74, 6) is -2.42. The van der Waals surface area contributed by atoms with Crippen molar-refractivity contribution < 1.29 is 27.5 Å². The number of pyridine rings is 1. The molecule has 1 N–H and O–H groups in total. The molecular formula is C24H18ClF3N4O3S. The van der Waals surface area contributed by atoms with Gasteiger partial charge in [-0.1, -0.05) is 23.7 Å². The molecular weight excluding hydrogens is 517 g/mol. The Morgan fingerprint density at radius 3 is 2.81 bits per heavy atom. The third kappa shape index (κ3) is 5.86. The van der Waals surface area contributed by atoms with E-state index in [9.17, 15) is 22.8 Å². The number of ether oxygens (including phenoxy) is 1. The average molecular weight is 535 g/mol. The molecule has 2 heterocycles. The van der Waals surface area contributed by atoms with E-state index >= 15 is 0 Å². The van der Waals surface area contributed by atoms with E-state index in [0.29, 0.717) is 9.81 Å². The summed E-state index contributed by atoms with van der Waals surface area (Å²) in [4.78, 5) is 34.0. The third-order valence-corrected chi connectivity index (χ3v) is 6.28. The Kier molecular flexibility index (Phi) is 7.62. The SMILES string of the molecule is COCCN(C(=O)C(F)(F)F)c1ccc(Cl)c(N=C2NC(=O)C(=Cc3ccc4ncccc4c3)S2)c1. The maximum atomic E-state index is 13.1. The predicted molar refractivity (Wildman–Crippen MR) is 134 cm³/mol. The summed E-state index contributed by atoms with van der Waals surface area (Å²) < 4.78 is 44.2. The van der Waals surface area contributed by atoms with E-state index < -0.39 is 12.1 Å². The van der Waals surface area contributed by atoms with E-state index in [4.69, 9.17) is 16.3 Å². The van der Waals surface area contributed by atoms with Gasteiger partial charge >= 0.3 is 12.1 Å². The lowest BCUT2D eigenvalue weighted by molar-refractivity contribution is -0.170. The second-order valence-corrected chi connectivity index (χ2v) is 8.96. The van der Waals surface area contributed by atoms with Crippen molar-refractivity contribution in [2.45, 2.75) is 6.18 Å². The fourth-order valence-electron chi connectivity index (χ4n) is 3.36. The van der Waals surface area contributed by atoms with Crippen molar-refractivity contribution in [1.29, 1.82) is 0 Å². The van der Waals surface area contributed by atoms with E-state index in [2.05, 4.69) is 15.3 Å². The topological polar surface area (TPSA) is 83.9 Å². The molecule has 0 radical (unpaired) electrons. The highest BCUT2D eigenvalue weighted by atomic mass is 35.5. The molecule has 7 nitrogen and oxygen atoms in total. The van der Waals surface area contributed by atoms with Crippen molar-refractivity contribution in [2.24, 2.45) is 4.99 Å². The number of hydrogen-bond acceptors (Lipinski definition) is 6. The summed E-state index contributed by atoms with van der Waals surface area (Å²) in [5, 5.41) is 3.86. The number of benzene rings is 2. The number of carbonyl (C=O) groups excluding carboxylic acids is 2. The number of anilines is 1. The van der Waals surface area contributed by atoms with Gasteiger partial charge < -0.3 is 15.0 Å². The standard InChI is InChI=1S/C24H18ClF3N4O3S/c1-35-10-9-32(22(34)24(26,27)28)16-5-6-17(25)19(13-16)30-23-31-21(33)20(36-23)12-14-4-7-18-15(11-14)3-2-8-29-18/h2-8,11-13H,9-10H2,1H3,(H,30,31,33). The Labute approximate surface area is 213 Å². The molecule has 1 aliphatic rings. The summed E-state index contributed by atoms with van der Waals surface area (Å²) in [7, 11) is 1.31. The Balaban J connectivity index is 1.61. The second kappa shape index (κ2) is 10.7. The van der Waals surface area contributed by atoms with Gasteiger partial charge in [0.25, 0.3) is 5.91 Å². The van der Waals surface area contributed by atoms with E-state index in [1.54, 1.807) is 12.3 Å². The normalized spacial score (nSPS) is 16.1. The zero-order valence-corrected chi connectivity index (χ0v) is 20.2. The lowest BCUT2D eigenvalue weighted by atomic mass is 10.1. The molecule has 36 heavy (non-hydrogen) atoms. The van der Waals surface area contributed by atoms with Crippen LogP contribution in [0.2, 0.25) is 5.02 Å². The van der Waals surface area contributed by atoms with Gasteiger partial charge in [-0.2, -0.15) is 13.2 Å². The van der Waals surface area contributed by atoms with Crippen LogP contribution in [-0.2, 0) is 14.3 Å². The second-order valence-electron chi connectivity index (χ2n) is 7.52. The first-order valence-corrected chi connectivity index (χ1v) is 11.7. The Bertz CT molecular complexity index is 1390. The molecule has 0 atom stereocenters. The van der Waals surface area contributed by atoms with Crippen LogP contribution in [0.4, 0.5) is 24.5 Å². The molecule has 0 spiro atoms. The van der Waals surface area contributed by atoms with Crippen molar-refractivity contribution in [1.82, 2.24) is 10.3 Å². The Morgan fingerprint density at radius 1 is 1.25 bits per heavy atom. The van der Waals surface area contributed by atoms with Gasteiger partial charge in [0, 0.05) is 30.9 Å². The highest BCUT2D eigenvalue weighted by Gasteiger charge is 2.43. The lowest BCUT2D eigenvalue weighted by Gasteiger charge is -2.24. The summed E-state index contributed by atoms with van der Waals surface area (Å²) in [6.07, 6.45) is -1.69. The largest absolute Gasteiger partial charge is 0.471 e. The van der Waals surface area contributed by atoms with Crippen LogP contribution in [-0.4, -0.2) is 48.4 Å². The molecule has 0 saturated carbocycles. The molecule has 1 aromatic heterocycles. The fraction of sp³-hybridized carbons (Fsp3) is 0.167. The maximum absolute atomic E-state index is 13.1. The number of rotatable bonds is 6. The van der Waals surface area contributed by atoms with Crippen LogP contribution in [0.15, 0.2) is 64.6 Å². The van der Waals surface area contributed by atoms with Crippen LogP contribution >= 0.6 is 23.4 Å². The minimum atomic E-state index is -5.08. The first-order valence-electron chi connectivity index (χ1n) is 10.5. The molecule has 186 valence electrons. The number of aromatic nitrogens is 1. The number of aliphatic imine (C=N–C) groups is 1. The van der Waals surface area contributed by atoms with Crippen LogP contribution < -0.4 is 10.2 Å². The van der Waals surface area contributed by atoms with Gasteiger partial charge in [-0.05, 0) is 59.8 Å². The molecule has 0 unspecified atom stereocenters. The number of thioether (sulfide) groups is 1. The number of methoxy groups -OCH3 is 1. The zero-order chi connectivity index (χ0) is 25.9. The zero-order valence-electron chi connectivity index (χ0n) is 18.7. The van der Waals surface area contributed by atoms with Crippen molar-refractivity contribution in [2.75, 3.05) is 25.2 Å². The number of fused-ring (bicyclic) bond motifs is 1. The average Bonchev–Trinajstić information content (AvgIpc) is 3.18. The quantitative estimate of drug-likeness (QED) is 0.433. The van der Waals surface area contributed by atoms with Crippen LogP contribution in [0, 0.1) is 0 Å². The first kappa shape index (κ1) is 25.7. The first-order chi connectivity index (χ1) is 17.2. The fourth-order valence-corrected chi connectivity index (χ4v) is 4.36. The molecule has 1 aliphatic heterocycles. The van der Waals surface area contributed by atoms with Gasteiger partial charge in [-0.3, -0.25) is 14.6 Å². The van der Waals surface area contributed by atoms with Gasteiger partial charge in [0.15, 0.2) is 5.17 Å². The molecule has 1 saturated heterocycles. The van der Waals surface area contributed by atoms with Crippen LogP contribution in [0.5, 0.6) is 0 Å². The van der Waals surface area contributed by atoms with Crippen LogP contribution in [0.3, 0.4) is 0 Å². The number of nitrogens with zero attached hydrogens (tertiary/aromatic N) is 3. The van der Waals surface area contributed by atoms with Crippen molar-refractivity contribution in [3.63, 3.8) is 0 Å². The van der Waals surface area contributed by atoms with Gasteiger partial charge in [0.05, 0.1) is 27.7 Å². The van der Waals surface area contributed by atoms with Gasteiger partial charge in [-0.15, -0.1) is 0 Å². The molecule has 12 heteroatoms. The summed E-state index contributed by atoms with van der Waals surface area (Å²) in [6.45, 7) is -0.439. The Hall–Kier alpha value is -3.41. The highest BCUT2D eigenvalue weighted by molar-refractivity contribution is 8.18. The number of amidine groups is 1. The van der Waals surface area contributed by atoms with Crippen molar-refractivity contribution >= 4 is 68.7 Å². The van der Waals surface area contributed by atoms with E-state index in [1.807, 2.05) is 30.3 Å². The number of hydrogen-bond donors (Lipinski definition) is 1. The predicted octanol–water partition coefficient (Wildman–Crippen LogP) is 5.32. The number of amides is 2. The maximum Gasteiger partial charge on any atom is 0.471 e. The summed E-state index contributed by atoms with van der Waals surface area (Å²) in [6, 6.07) is 13.2.